The predicted octanol–water partition coefficient (Wildman–Crippen LogP) is 0.992. The summed E-state index contributed by atoms with van der Waals surface area (Å²) in [5.74, 6) is -0.754. The minimum atomic E-state index is -1.05. The van der Waals surface area contributed by atoms with Crippen LogP contribution < -0.4 is 10.6 Å². The van der Waals surface area contributed by atoms with E-state index in [0.717, 1.165) is 12.8 Å². The molecule has 0 saturated heterocycles. The van der Waals surface area contributed by atoms with Crippen molar-refractivity contribution in [3.63, 3.8) is 0 Å². The van der Waals surface area contributed by atoms with Gasteiger partial charge >= 0.3 is 5.97 Å². The highest BCUT2D eigenvalue weighted by molar-refractivity contribution is 5.88. The van der Waals surface area contributed by atoms with Crippen molar-refractivity contribution in [2.24, 2.45) is 11.8 Å². The van der Waals surface area contributed by atoms with Crippen LogP contribution >= 0.6 is 0 Å². The van der Waals surface area contributed by atoms with Crippen LogP contribution in [0.4, 0.5) is 0 Å². The van der Waals surface area contributed by atoms with Crippen molar-refractivity contribution in [2.75, 3.05) is 13.6 Å². The lowest BCUT2D eigenvalue weighted by Gasteiger charge is -2.37. The van der Waals surface area contributed by atoms with Crippen LogP contribution in [0.25, 0.3) is 0 Å². The molecule has 5 nitrogen and oxygen atoms in total. The third kappa shape index (κ3) is 3.45. The number of rotatable bonds is 5. The van der Waals surface area contributed by atoms with Gasteiger partial charge in [0.2, 0.25) is 5.91 Å². The van der Waals surface area contributed by atoms with E-state index in [9.17, 15) is 14.7 Å². The fourth-order valence-electron chi connectivity index (χ4n) is 2.41. The van der Waals surface area contributed by atoms with E-state index < -0.39 is 11.5 Å². The summed E-state index contributed by atoms with van der Waals surface area (Å²) in [5.41, 5.74) is -1.05. The molecule has 1 aliphatic carbocycles. The smallest absolute Gasteiger partial charge is 0.329 e. The monoisotopic (exact) mass is 256 g/mol. The molecule has 0 aromatic heterocycles. The summed E-state index contributed by atoms with van der Waals surface area (Å²) < 4.78 is 0. The zero-order chi connectivity index (χ0) is 13.8. The van der Waals surface area contributed by atoms with Crippen molar-refractivity contribution in [1.29, 1.82) is 0 Å². The Kier molecular flexibility index (Phi) is 5.14. The minimum absolute atomic E-state index is 0.179. The summed E-state index contributed by atoms with van der Waals surface area (Å²) in [5, 5.41) is 15.1. The second-order valence-electron chi connectivity index (χ2n) is 5.52. The molecule has 5 heteroatoms. The second-order valence-corrected chi connectivity index (χ2v) is 5.52. The minimum Gasteiger partial charge on any atom is -0.480 e. The Labute approximate surface area is 108 Å². The van der Waals surface area contributed by atoms with Crippen molar-refractivity contribution >= 4 is 11.9 Å². The molecule has 0 aromatic rings. The largest absolute Gasteiger partial charge is 0.480 e. The number of carboxylic acid groups (broad SMARTS) is 1. The molecule has 1 amide bonds. The fourth-order valence-corrected chi connectivity index (χ4v) is 2.41. The molecule has 0 bridgehead atoms. The Balaban J connectivity index is 2.69. The summed E-state index contributed by atoms with van der Waals surface area (Å²) in [6.07, 6.45) is 2.77. The first-order valence-electron chi connectivity index (χ1n) is 6.61. The molecule has 18 heavy (non-hydrogen) atoms. The molecule has 1 fully saturated rings. The molecule has 1 atom stereocenters. The maximum absolute atomic E-state index is 12.0. The van der Waals surface area contributed by atoms with Gasteiger partial charge in [-0.05, 0) is 38.6 Å². The topological polar surface area (TPSA) is 78.4 Å². The van der Waals surface area contributed by atoms with Crippen molar-refractivity contribution in [2.45, 2.75) is 45.1 Å². The number of carbonyl (C=O) groups is 2. The van der Waals surface area contributed by atoms with Crippen molar-refractivity contribution < 1.29 is 14.7 Å². The van der Waals surface area contributed by atoms with Crippen LogP contribution in [-0.4, -0.2) is 36.1 Å². The Morgan fingerprint density at radius 2 is 1.94 bits per heavy atom. The quantitative estimate of drug-likeness (QED) is 0.685. The molecular weight excluding hydrogens is 232 g/mol. The van der Waals surface area contributed by atoms with E-state index in [4.69, 9.17) is 0 Å². The van der Waals surface area contributed by atoms with Crippen LogP contribution in [-0.2, 0) is 9.59 Å². The lowest BCUT2D eigenvalue weighted by molar-refractivity contribution is -0.150. The van der Waals surface area contributed by atoms with E-state index in [1.807, 2.05) is 0 Å². The molecule has 3 N–H and O–H groups in total. The molecule has 0 spiro atoms. The van der Waals surface area contributed by atoms with Gasteiger partial charge < -0.3 is 15.7 Å². The van der Waals surface area contributed by atoms with Gasteiger partial charge in [-0.25, -0.2) is 4.79 Å². The number of hydrogen-bond acceptors (Lipinski definition) is 3. The zero-order valence-electron chi connectivity index (χ0n) is 11.5. The highest BCUT2D eigenvalue weighted by atomic mass is 16.4. The third-order valence-corrected chi connectivity index (χ3v) is 3.86. The number of hydrogen-bond donors (Lipinski definition) is 3. The number of amides is 1. The van der Waals surface area contributed by atoms with Crippen LogP contribution in [0.1, 0.15) is 39.5 Å². The number of carbonyl (C=O) groups excluding carboxylic acids is 1. The van der Waals surface area contributed by atoms with E-state index in [0.29, 0.717) is 25.3 Å². The van der Waals surface area contributed by atoms with Crippen molar-refractivity contribution in [1.82, 2.24) is 10.6 Å². The third-order valence-electron chi connectivity index (χ3n) is 3.86. The maximum Gasteiger partial charge on any atom is 0.329 e. The number of nitrogens with one attached hydrogen (secondary N) is 2. The standard InChI is InChI=1S/C13H24N2O3/c1-9-4-6-13(7-5-9,12(17)18)15-11(16)10(2)8-14-3/h9-10,14H,4-8H2,1-3H3,(H,15,16)(H,17,18). The summed E-state index contributed by atoms with van der Waals surface area (Å²) >= 11 is 0. The Morgan fingerprint density at radius 1 is 1.39 bits per heavy atom. The van der Waals surface area contributed by atoms with Crippen LogP contribution in [0.5, 0.6) is 0 Å². The molecule has 0 heterocycles. The zero-order valence-corrected chi connectivity index (χ0v) is 11.5. The lowest BCUT2D eigenvalue weighted by Crippen LogP contribution is -2.57. The van der Waals surface area contributed by atoms with Gasteiger partial charge in [-0.15, -0.1) is 0 Å². The van der Waals surface area contributed by atoms with Gasteiger partial charge in [0.15, 0.2) is 0 Å². The summed E-state index contributed by atoms with van der Waals surface area (Å²) in [7, 11) is 1.78. The summed E-state index contributed by atoms with van der Waals surface area (Å²) in [4.78, 5) is 23.4. The van der Waals surface area contributed by atoms with Crippen LogP contribution in [0.15, 0.2) is 0 Å². The highest BCUT2D eigenvalue weighted by Crippen LogP contribution is 2.32. The molecule has 0 aromatic carbocycles. The highest BCUT2D eigenvalue weighted by Gasteiger charge is 2.42. The summed E-state index contributed by atoms with van der Waals surface area (Å²) in [6, 6.07) is 0. The SMILES string of the molecule is CNCC(C)C(=O)NC1(C(=O)O)CCC(C)CC1. The number of carboxylic acids is 1. The molecule has 1 aliphatic rings. The van der Waals surface area contributed by atoms with Crippen LogP contribution in [0.3, 0.4) is 0 Å². The van der Waals surface area contributed by atoms with Gasteiger partial charge in [-0.3, -0.25) is 4.79 Å². The first-order chi connectivity index (χ1) is 8.41. The first kappa shape index (κ1) is 15.0. The van der Waals surface area contributed by atoms with Crippen LogP contribution in [0, 0.1) is 11.8 Å². The van der Waals surface area contributed by atoms with Gasteiger partial charge in [0.05, 0.1) is 0 Å². The van der Waals surface area contributed by atoms with Crippen molar-refractivity contribution in [3.8, 4) is 0 Å². The fraction of sp³-hybridized carbons (Fsp3) is 0.846. The van der Waals surface area contributed by atoms with E-state index in [1.165, 1.54) is 0 Å². The van der Waals surface area contributed by atoms with Gasteiger partial charge in [-0.2, -0.15) is 0 Å². The molecule has 1 rings (SSSR count). The average Bonchev–Trinajstić information content (AvgIpc) is 2.32. The first-order valence-corrected chi connectivity index (χ1v) is 6.61. The molecule has 104 valence electrons. The van der Waals surface area contributed by atoms with Gasteiger partial charge in [0.1, 0.15) is 5.54 Å². The molecule has 1 saturated carbocycles. The average molecular weight is 256 g/mol. The Morgan fingerprint density at radius 3 is 2.39 bits per heavy atom. The van der Waals surface area contributed by atoms with Crippen molar-refractivity contribution in [3.05, 3.63) is 0 Å². The number of aliphatic carboxylic acids is 1. The normalized spacial score (nSPS) is 29.6. The molecular formula is C13H24N2O3. The summed E-state index contributed by atoms with van der Waals surface area (Å²) in [6.45, 7) is 4.47. The second kappa shape index (κ2) is 6.18. The van der Waals surface area contributed by atoms with Crippen LogP contribution in [0.2, 0.25) is 0 Å². The predicted molar refractivity (Wildman–Crippen MR) is 69.2 cm³/mol. The van der Waals surface area contributed by atoms with Gasteiger partial charge in [0.25, 0.3) is 0 Å². The molecule has 0 radical (unpaired) electrons. The van der Waals surface area contributed by atoms with Gasteiger partial charge in [0, 0.05) is 12.5 Å². The maximum atomic E-state index is 12.0. The van der Waals surface area contributed by atoms with E-state index in [2.05, 4.69) is 17.6 Å². The molecule has 1 unspecified atom stereocenters. The molecule has 0 aliphatic heterocycles. The lowest BCUT2D eigenvalue weighted by atomic mass is 9.77. The Bertz CT molecular complexity index is 309. The van der Waals surface area contributed by atoms with E-state index in [-0.39, 0.29) is 11.8 Å². The van der Waals surface area contributed by atoms with E-state index in [1.54, 1.807) is 14.0 Å². The van der Waals surface area contributed by atoms with E-state index >= 15 is 0 Å². The van der Waals surface area contributed by atoms with Gasteiger partial charge in [-0.1, -0.05) is 13.8 Å². The Hall–Kier alpha value is -1.10.